The van der Waals surface area contributed by atoms with Gasteiger partial charge in [-0.05, 0) is 55.4 Å². The number of fused-ring (bicyclic) bond motifs is 3. The third kappa shape index (κ3) is 3.32. The van der Waals surface area contributed by atoms with Gasteiger partial charge in [-0.25, -0.2) is 23.2 Å². The Balaban J connectivity index is 1.49. The predicted molar refractivity (Wildman–Crippen MR) is 114 cm³/mol. The van der Waals surface area contributed by atoms with Crippen LogP contribution in [0.15, 0.2) is 21.5 Å². The van der Waals surface area contributed by atoms with Gasteiger partial charge in [0.2, 0.25) is 5.88 Å². The fourth-order valence-electron chi connectivity index (χ4n) is 4.89. The summed E-state index contributed by atoms with van der Waals surface area (Å²) in [6.07, 6.45) is 3.28. The molecule has 3 unspecified atom stereocenters. The van der Waals surface area contributed by atoms with E-state index >= 15 is 0 Å². The molecule has 1 aliphatic heterocycles. The molecule has 166 valence electrons. The number of hydrogen-bond acceptors (Lipinski definition) is 4. The Kier molecular flexibility index (Phi) is 4.46. The molecular formula is C21H26FN5O3S. The Hall–Kier alpha value is -2.46. The van der Waals surface area contributed by atoms with Crippen molar-refractivity contribution in [1.29, 1.82) is 0 Å². The number of benzene rings is 1. The number of aryl methyl sites for hydroxylation is 1. The van der Waals surface area contributed by atoms with Crippen molar-refractivity contribution >= 4 is 21.6 Å². The number of alkyl halides is 1. The maximum Gasteiger partial charge on any atom is 0.354 e. The SMILES string of the molecule is CC1c2cc3c(c(NC(=O)N=S(N)(=O)c4cnn5c4OC(C)(C)C5)c2CC1F)CCC3. The number of anilines is 1. The lowest BCUT2D eigenvalue weighted by atomic mass is 9.95. The Morgan fingerprint density at radius 2 is 2.19 bits per heavy atom. The molecule has 2 heterocycles. The summed E-state index contributed by atoms with van der Waals surface area (Å²) >= 11 is 0. The number of rotatable bonds is 2. The lowest BCUT2D eigenvalue weighted by Crippen LogP contribution is -2.27. The first-order valence-electron chi connectivity index (χ1n) is 10.5. The summed E-state index contributed by atoms with van der Waals surface area (Å²) in [5.74, 6) is 0.0485. The number of aromatic nitrogens is 2. The monoisotopic (exact) mass is 447 g/mol. The van der Waals surface area contributed by atoms with Gasteiger partial charge in [0.25, 0.3) is 0 Å². The number of urea groups is 1. The molecule has 0 spiro atoms. The van der Waals surface area contributed by atoms with E-state index in [1.54, 1.807) is 4.68 Å². The smallest absolute Gasteiger partial charge is 0.354 e. The molecule has 8 nitrogen and oxygen atoms in total. The number of nitrogens with zero attached hydrogens (tertiary/aromatic N) is 3. The summed E-state index contributed by atoms with van der Waals surface area (Å²) in [6.45, 7) is 6.10. The second-order valence-electron chi connectivity index (χ2n) is 9.24. The fourth-order valence-corrected chi connectivity index (χ4v) is 5.87. The van der Waals surface area contributed by atoms with Gasteiger partial charge in [-0.2, -0.15) is 5.10 Å². The average molecular weight is 448 g/mol. The van der Waals surface area contributed by atoms with Crippen molar-refractivity contribution in [3.8, 4) is 5.88 Å². The molecule has 31 heavy (non-hydrogen) atoms. The first-order chi connectivity index (χ1) is 14.6. The Morgan fingerprint density at radius 3 is 2.97 bits per heavy atom. The van der Waals surface area contributed by atoms with Crippen LogP contribution in [0.4, 0.5) is 14.9 Å². The normalized spacial score (nSPS) is 24.7. The van der Waals surface area contributed by atoms with Gasteiger partial charge in [0.1, 0.15) is 16.7 Å². The highest BCUT2D eigenvalue weighted by Gasteiger charge is 2.37. The largest absolute Gasteiger partial charge is 0.469 e. The third-order valence-electron chi connectivity index (χ3n) is 6.40. The van der Waals surface area contributed by atoms with Gasteiger partial charge in [0.15, 0.2) is 9.92 Å². The second-order valence-corrected chi connectivity index (χ2v) is 11.0. The highest BCUT2D eigenvalue weighted by Crippen LogP contribution is 2.44. The first-order valence-corrected chi connectivity index (χ1v) is 12.1. The minimum atomic E-state index is -3.58. The van der Waals surface area contributed by atoms with Crippen molar-refractivity contribution < 1.29 is 18.1 Å². The van der Waals surface area contributed by atoms with Crippen LogP contribution in [0.3, 0.4) is 0 Å². The van der Waals surface area contributed by atoms with E-state index in [1.165, 1.54) is 6.20 Å². The van der Waals surface area contributed by atoms with Crippen molar-refractivity contribution in [2.75, 3.05) is 5.32 Å². The molecule has 2 aliphatic carbocycles. The predicted octanol–water partition coefficient (Wildman–Crippen LogP) is 3.47. The molecule has 0 saturated heterocycles. The molecule has 0 fully saturated rings. The van der Waals surface area contributed by atoms with Gasteiger partial charge in [0.05, 0.1) is 12.7 Å². The fraction of sp³-hybridized carbons (Fsp3) is 0.524. The molecule has 3 N–H and O–H groups in total. The molecule has 2 amide bonds. The zero-order valence-electron chi connectivity index (χ0n) is 17.8. The Morgan fingerprint density at radius 1 is 1.42 bits per heavy atom. The molecule has 0 radical (unpaired) electrons. The molecular weight excluding hydrogens is 421 g/mol. The van der Waals surface area contributed by atoms with Crippen LogP contribution < -0.4 is 15.2 Å². The molecule has 3 atom stereocenters. The Labute approximate surface area is 180 Å². The van der Waals surface area contributed by atoms with E-state index in [1.807, 2.05) is 20.8 Å². The number of amides is 2. The van der Waals surface area contributed by atoms with Crippen molar-refractivity contribution in [3.05, 3.63) is 34.5 Å². The quantitative estimate of drug-likeness (QED) is 0.734. The van der Waals surface area contributed by atoms with Crippen LogP contribution in [0.25, 0.3) is 0 Å². The average Bonchev–Trinajstić information content (AvgIpc) is 3.39. The highest BCUT2D eigenvalue weighted by molar-refractivity contribution is 7.91. The summed E-state index contributed by atoms with van der Waals surface area (Å²) in [7, 11) is -3.58. The number of hydrogen-bond donors (Lipinski definition) is 2. The van der Waals surface area contributed by atoms with E-state index in [2.05, 4.69) is 20.8 Å². The van der Waals surface area contributed by atoms with Gasteiger partial charge in [-0.1, -0.05) is 13.0 Å². The number of nitrogens with two attached hydrogens (primary N) is 1. The Bertz CT molecular complexity index is 1230. The van der Waals surface area contributed by atoms with Crippen LogP contribution in [0.2, 0.25) is 0 Å². The zero-order valence-corrected chi connectivity index (χ0v) is 18.6. The zero-order chi connectivity index (χ0) is 22.1. The molecule has 10 heteroatoms. The molecule has 3 aliphatic rings. The molecule has 5 rings (SSSR count). The number of halogens is 1. The van der Waals surface area contributed by atoms with Gasteiger partial charge >= 0.3 is 6.03 Å². The van der Waals surface area contributed by atoms with Crippen LogP contribution >= 0.6 is 0 Å². The van der Waals surface area contributed by atoms with Crippen LogP contribution in [0.1, 0.15) is 55.4 Å². The maximum atomic E-state index is 14.4. The van der Waals surface area contributed by atoms with Crippen molar-refractivity contribution in [2.24, 2.45) is 9.50 Å². The van der Waals surface area contributed by atoms with Crippen LogP contribution in [-0.2, 0) is 35.7 Å². The van der Waals surface area contributed by atoms with E-state index in [9.17, 15) is 13.4 Å². The molecule has 1 aromatic carbocycles. The van der Waals surface area contributed by atoms with E-state index < -0.39 is 27.7 Å². The van der Waals surface area contributed by atoms with Gasteiger partial charge in [-0.15, -0.1) is 4.36 Å². The summed E-state index contributed by atoms with van der Waals surface area (Å²) in [5, 5.41) is 12.9. The molecule has 0 bridgehead atoms. The van der Waals surface area contributed by atoms with Gasteiger partial charge in [0, 0.05) is 18.0 Å². The van der Waals surface area contributed by atoms with Crippen molar-refractivity contribution in [1.82, 2.24) is 9.78 Å². The minimum Gasteiger partial charge on any atom is -0.469 e. The number of carbonyl (C=O) groups excluding carboxylic acids is 1. The standard InChI is InChI=1S/C21H26FN5O3S/c1-11-14-7-12-5-4-6-13(12)18(15(14)8-16(11)22)25-20(28)26-31(23,29)17-9-24-27-10-21(2,3)30-19(17)27/h7,9,11,16H,4-6,8,10H2,1-3H3,(H3,23,25,26,28,29). The topological polar surface area (TPSA) is 112 Å². The highest BCUT2D eigenvalue weighted by atomic mass is 32.2. The minimum absolute atomic E-state index is 0.0918. The first kappa shape index (κ1) is 20.4. The molecule has 0 saturated carbocycles. The summed E-state index contributed by atoms with van der Waals surface area (Å²) in [4.78, 5) is 12.9. The number of nitrogens with one attached hydrogen (secondary N) is 1. The lowest BCUT2D eigenvalue weighted by molar-refractivity contribution is 0.132. The number of ether oxygens (including phenoxy) is 1. The summed E-state index contributed by atoms with van der Waals surface area (Å²) in [6, 6.07) is 1.26. The van der Waals surface area contributed by atoms with Crippen LogP contribution in [-0.4, -0.2) is 31.8 Å². The lowest BCUT2D eigenvalue weighted by Gasteiger charge is -2.17. The van der Waals surface area contributed by atoms with E-state index in [0.717, 1.165) is 41.5 Å². The van der Waals surface area contributed by atoms with Crippen LogP contribution in [0.5, 0.6) is 5.88 Å². The number of carbonyl (C=O) groups is 1. The van der Waals surface area contributed by atoms with Crippen molar-refractivity contribution in [2.45, 2.75) is 75.6 Å². The molecule has 2 aromatic rings. The second kappa shape index (κ2) is 6.77. The van der Waals surface area contributed by atoms with Crippen molar-refractivity contribution in [3.63, 3.8) is 0 Å². The maximum absolute atomic E-state index is 14.4. The van der Waals surface area contributed by atoms with Crippen LogP contribution in [0, 0.1) is 0 Å². The van der Waals surface area contributed by atoms with E-state index in [4.69, 9.17) is 9.88 Å². The van der Waals surface area contributed by atoms with Gasteiger partial charge in [-0.3, -0.25) is 0 Å². The summed E-state index contributed by atoms with van der Waals surface area (Å²) < 4.78 is 38.7. The van der Waals surface area contributed by atoms with Gasteiger partial charge < -0.3 is 10.1 Å². The van der Waals surface area contributed by atoms with E-state index in [0.29, 0.717) is 12.2 Å². The molecule has 1 aromatic heterocycles. The summed E-state index contributed by atoms with van der Waals surface area (Å²) in [5.41, 5.74) is 3.99. The third-order valence-corrected chi connectivity index (χ3v) is 7.75. The van der Waals surface area contributed by atoms with E-state index in [-0.39, 0.29) is 23.1 Å².